The molecule has 2 aromatic rings. The molecule has 1 atom stereocenters. The van der Waals surface area contributed by atoms with Crippen LogP contribution in [0.3, 0.4) is 0 Å². The van der Waals surface area contributed by atoms with Gasteiger partial charge in [0.15, 0.2) is 17.6 Å². The fourth-order valence-corrected chi connectivity index (χ4v) is 2.76. The maximum absolute atomic E-state index is 12.3. The molecule has 0 spiro atoms. The number of fused-ring (bicyclic) bond motifs is 2. The SMILES string of the molecule is O=C(Nc1ccc2c(c1)OCO2)C1Cc2cc(Cl)ccc2O1. The number of hydrogen-bond acceptors (Lipinski definition) is 4. The lowest BCUT2D eigenvalue weighted by Gasteiger charge is -2.11. The molecule has 2 aliphatic rings. The first-order valence-electron chi connectivity index (χ1n) is 6.85. The third-order valence-corrected chi connectivity index (χ3v) is 3.86. The minimum atomic E-state index is -0.557. The number of rotatable bonds is 2. The van der Waals surface area contributed by atoms with Gasteiger partial charge in [0, 0.05) is 23.2 Å². The van der Waals surface area contributed by atoms with Crippen molar-refractivity contribution in [3.05, 3.63) is 47.0 Å². The summed E-state index contributed by atoms with van der Waals surface area (Å²) in [5.74, 6) is 1.80. The van der Waals surface area contributed by atoms with Crippen LogP contribution in [0.4, 0.5) is 5.69 Å². The smallest absolute Gasteiger partial charge is 0.265 e. The Labute approximate surface area is 131 Å². The van der Waals surface area contributed by atoms with Crippen molar-refractivity contribution in [2.45, 2.75) is 12.5 Å². The molecule has 6 heteroatoms. The quantitative estimate of drug-likeness (QED) is 0.925. The molecule has 0 aromatic heterocycles. The second-order valence-corrected chi connectivity index (χ2v) is 5.56. The number of carbonyl (C=O) groups is 1. The normalized spacial score (nSPS) is 17.8. The van der Waals surface area contributed by atoms with Crippen molar-refractivity contribution in [1.29, 1.82) is 0 Å². The lowest BCUT2D eigenvalue weighted by molar-refractivity contribution is -0.122. The van der Waals surface area contributed by atoms with Crippen LogP contribution < -0.4 is 19.5 Å². The van der Waals surface area contributed by atoms with Gasteiger partial charge in [0.2, 0.25) is 6.79 Å². The standard InChI is InChI=1S/C16H12ClNO4/c17-10-1-3-12-9(5-10)6-15(22-12)16(19)18-11-2-4-13-14(7-11)21-8-20-13/h1-5,7,15H,6,8H2,(H,18,19). The van der Waals surface area contributed by atoms with Crippen LogP contribution in [0, 0.1) is 0 Å². The van der Waals surface area contributed by atoms with Crippen LogP contribution in [-0.2, 0) is 11.2 Å². The van der Waals surface area contributed by atoms with E-state index >= 15 is 0 Å². The number of amides is 1. The van der Waals surface area contributed by atoms with Crippen molar-refractivity contribution in [2.75, 3.05) is 12.1 Å². The van der Waals surface area contributed by atoms with Gasteiger partial charge < -0.3 is 19.5 Å². The van der Waals surface area contributed by atoms with E-state index in [9.17, 15) is 4.79 Å². The molecule has 0 saturated carbocycles. The van der Waals surface area contributed by atoms with Gasteiger partial charge in [0.05, 0.1) is 0 Å². The predicted octanol–water partition coefficient (Wildman–Crippen LogP) is 3.01. The average Bonchev–Trinajstić information content (AvgIpc) is 3.12. The minimum Gasteiger partial charge on any atom is -0.480 e. The van der Waals surface area contributed by atoms with Crippen molar-refractivity contribution in [1.82, 2.24) is 0 Å². The Morgan fingerprint density at radius 2 is 1.91 bits per heavy atom. The number of hydrogen-bond donors (Lipinski definition) is 1. The van der Waals surface area contributed by atoms with Gasteiger partial charge in [-0.3, -0.25) is 4.79 Å². The Kier molecular flexibility index (Phi) is 3.08. The first kappa shape index (κ1) is 13.3. The lowest BCUT2D eigenvalue weighted by atomic mass is 10.1. The maximum Gasteiger partial charge on any atom is 0.265 e. The first-order chi connectivity index (χ1) is 10.7. The van der Waals surface area contributed by atoms with Crippen molar-refractivity contribution < 1.29 is 19.0 Å². The van der Waals surface area contributed by atoms with E-state index in [4.69, 9.17) is 25.8 Å². The van der Waals surface area contributed by atoms with Gasteiger partial charge in [-0.1, -0.05) is 11.6 Å². The van der Waals surface area contributed by atoms with Gasteiger partial charge in [-0.05, 0) is 35.9 Å². The summed E-state index contributed by atoms with van der Waals surface area (Å²) >= 11 is 5.95. The summed E-state index contributed by atoms with van der Waals surface area (Å²) in [7, 11) is 0. The molecular formula is C16H12ClNO4. The van der Waals surface area contributed by atoms with E-state index in [1.165, 1.54) is 0 Å². The Morgan fingerprint density at radius 3 is 2.82 bits per heavy atom. The van der Waals surface area contributed by atoms with Crippen LogP contribution in [0.25, 0.3) is 0 Å². The van der Waals surface area contributed by atoms with E-state index in [2.05, 4.69) is 5.32 Å². The van der Waals surface area contributed by atoms with Crippen LogP contribution in [0.15, 0.2) is 36.4 Å². The highest BCUT2D eigenvalue weighted by Crippen LogP contribution is 2.35. The highest BCUT2D eigenvalue weighted by molar-refractivity contribution is 6.30. The van der Waals surface area contributed by atoms with Crippen LogP contribution >= 0.6 is 11.6 Å². The Balaban J connectivity index is 1.47. The first-order valence-corrected chi connectivity index (χ1v) is 7.22. The molecule has 0 aliphatic carbocycles. The predicted molar refractivity (Wildman–Crippen MR) is 80.8 cm³/mol. The second kappa shape index (κ2) is 5.10. The molecular weight excluding hydrogens is 306 g/mol. The summed E-state index contributed by atoms with van der Waals surface area (Å²) in [5.41, 5.74) is 1.59. The Morgan fingerprint density at radius 1 is 1.09 bits per heavy atom. The molecule has 1 unspecified atom stereocenters. The van der Waals surface area contributed by atoms with Crippen molar-refractivity contribution in [3.63, 3.8) is 0 Å². The Hall–Kier alpha value is -2.40. The molecule has 2 aliphatic heterocycles. The van der Waals surface area contributed by atoms with Gasteiger partial charge in [0.25, 0.3) is 5.91 Å². The molecule has 112 valence electrons. The van der Waals surface area contributed by atoms with Gasteiger partial charge in [-0.2, -0.15) is 0 Å². The largest absolute Gasteiger partial charge is 0.480 e. The summed E-state index contributed by atoms with van der Waals surface area (Å²) in [6.07, 6.45) is -0.0504. The molecule has 0 fully saturated rings. The zero-order valence-electron chi connectivity index (χ0n) is 11.5. The number of carbonyl (C=O) groups excluding carboxylic acids is 1. The summed E-state index contributed by atoms with van der Waals surface area (Å²) in [4.78, 5) is 12.3. The second-order valence-electron chi connectivity index (χ2n) is 5.12. The van der Waals surface area contributed by atoms with E-state index < -0.39 is 6.10 Å². The molecule has 2 aromatic carbocycles. The van der Waals surface area contributed by atoms with Crippen LogP contribution in [-0.4, -0.2) is 18.8 Å². The highest BCUT2D eigenvalue weighted by atomic mass is 35.5. The Bertz CT molecular complexity index is 762. The number of halogens is 1. The number of benzene rings is 2. The molecule has 22 heavy (non-hydrogen) atoms. The van der Waals surface area contributed by atoms with E-state index in [1.807, 2.05) is 6.07 Å². The van der Waals surface area contributed by atoms with E-state index in [-0.39, 0.29) is 12.7 Å². The number of nitrogens with one attached hydrogen (secondary N) is 1. The zero-order chi connectivity index (χ0) is 15.1. The van der Waals surface area contributed by atoms with Crippen molar-refractivity contribution in [3.8, 4) is 17.2 Å². The molecule has 1 amide bonds. The summed E-state index contributed by atoms with van der Waals surface area (Å²) in [6.45, 7) is 0.203. The van der Waals surface area contributed by atoms with Gasteiger partial charge in [-0.15, -0.1) is 0 Å². The summed E-state index contributed by atoms with van der Waals surface area (Å²) in [6, 6.07) is 10.6. The summed E-state index contributed by atoms with van der Waals surface area (Å²) in [5, 5.41) is 3.47. The molecule has 1 N–H and O–H groups in total. The fraction of sp³-hybridized carbons (Fsp3) is 0.188. The van der Waals surface area contributed by atoms with Gasteiger partial charge in [-0.25, -0.2) is 0 Å². The molecule has 5 nitrogen and oxygen atoms in total. The van der Waals surface area contributed by atoms with E-state index in [0.29, 0.717) is 34.4 Å². The third-order valence-electron chi connectivity index (χ3n) is 3.63. The minimum absolute atomic E-state index is 0.203. The molecule has 0 saturated heterocycles. The van der Waals surface area contributed by atoms with E-state index in [0.717, 1.165) is 5.56 Å². The van der Waals surface area contributed by atoms with Crippen molar-refractivity contribution >= 4 is 23.2 Å². The number of anilines is 1. The van der Waals surface area contributed by atoms with Crippen LogP contribution in [0.2, 0.25) is 5.02 Å². The molecule has 0 radical (unpaired) electrons. The van der Waals surface area contributed by atoms with Crippen LogP contribution in [0.5, 0.6) is 17.2 Å². The number of ether oxygens (including phenoxy) is 3. The molecule has 2 heterocycles. The fourth-order valence-electron chi connectivity index (χ4n) is 2.56. The zero-order valence-corrected chi connectivity index (χ0v) is 12.2. The lowest BCUT2D eigenvalue weighted by Crippen LogP contribution is -2.31. The maximum atomic E-state index is 12.3. The topological polar surface area (TPSA) is 56.8 Å². The molecule has 0 bridgehead atoms. The monoisotopic (exact) mass is 317 g/mol. The highest BCUT2D eigenvalue weighted by Gasteiger charge is 2.29. The summed E-state index contributed by atoms with van der Waals surface area (Å²) < 4.78 is 16.2. The van der Waals surface area contributed by atoms with Crippen LogP contribution in [0.1, 0.15) is 5.56 Å². The van der Waals surface area contributed by atoms with Crippen molar-refractivity contribution in [2.24, 2.45) is 0 Å². The third kappa shape index (κ3) is 2.33. The molecule has 4 rings (SSSR count). The average molecular weight is 318 g/mol. The van der Waals surface area contributed by atoms with E-state index in [1.54, 1.807) is 30.3 Å². The van der Waals surface area contributed by atoms with Gasteiger partial charge in [0.1, 0.15) is 5.75 Å². The van der Waals surface area contributed by atoms with Gasteiger partial charge >= 0.3 is 0 Å².